The molecule has 3 heterocycles. The number of aromatic nitrogens is 1. The van der Waals surface area contributed by atoms with Crippen LogP contribution < -0.4 is 10.1 Å². The van der Waals surface area contributed by atoms with Gasteiger partial charge in [0, 0.05) is 69.1 Å². The third kappa shape index (κ3) is 7.97. The standard InChI is InChI=1S/C34H36F3N5O2/c1-2-32(42-19-15-30(16-20-42)44-29-10-8-27(9-11-29)34(35,36)37)26-7-12-31(39-22-26)33(43)40-28-13-17-41(18-14-28)23-25-5-3-24(21-38)4-6-25/h2-12,22,28,30H,13-20,23H2,1H3,(H,40,43). The highest BCUT2D eigenvalue weighted by Gasteiger charge is 2.30. The monoisotopic (exact) mass is 603 g/mol. The minimum absolute atomic E-state index is 0.0758. The van der Waals surface area contributed by atoms with Crippen LogP contribution in [0.25, 0.3) is 5.70 Å². The molecule has 2 saturated heterocycles. The smallest absolute Gasteiger partial charge is 0.416 e. The Morgan fingerprint density at radius 2 is 1.68 bits per heavy atom. The predicted molar refractivity (Wildman–Crippen MR) is 161 cm³/mol. The molecule has 0 atom stereocenters. The number of benzene rings is 2. The van der Waals surface area contributed by atoms with Gasteiger partial charge in [-0.25, -0.2) is 0 Å². The normalized spacial score (nSPS) is 17.2. The summed E-state index contributed by atoms with van der Waals surface area (Å²) in [5.41, 5.74) is 3.47. The van der Waals surface area contributed by atoms with Gasteiger partial charge in [0.2, 0.25) is 0 Å². The van der Waals surface area contributed by atoms with Crippen molar-refractivity contribution in [3.8, 4) is 11.8 Å². The number of carbonyl (C=O) groups is 1. The largest absolute Gasteiger partial charge is 0.490 e. The number of amides is 1. The number of allylic oxidation sites excluding steroid dienone is 1. The summed E-state index contributed by atoms with van der Waals surface area (Å²) in [4.78, 5) is 22.0. The zero-order valence-corrected chi connectivity index (χ0v) is 24.7. The van der Waals surface area contributed by atoms with Gasteiger partial charge in [-0.05, 0) is 73.9 Å². The molecular formula is C34H36F3N5O2. The average Bonchev–Trinajstić information content (AvgIpc) is 3.04. The van der Waals surface area contributed by atoms with Gasteiger partial charge in [-0.3, -0.25) is 14.7 Å². The minimum Gasteiger partial charge on any atom is -0.490 e. The van der Waals surface area contributed by atoms with E-state index < -0.39 is 11.7 Å². The third-order valence-corrected chi connectivity index (χ3v) is 8.24. The van der Waals surface area contributed by atoms with Crippen LogP contribution in [0.3, 0.4) is 0 Å². The summed E-state index contributed by atoms with van der Waals surface area (Å²) >= 11 is 0. The number of alkyl halides is 3. The van der Waals surface area contributed by atoms with Crippen molar-refractivity contribution in [1.82, 2.24) is 20.1 Å². The zero-order chi connectivity index (χ0) is 31.1. The first kappa shape index (κ1) is 31.1. The Morgan fingerprint density at radius 1 is 1.00 bits per heavy atom. The maximum atomic E-state index is 12.9. The lowest BCUT2D eigenvalue weighted by molar-refractivity contribution is -0.137. The number of carbonyl (C=O) groups excluding carboxylic acids is 1. The van der Waals surface area contributed by atoms with E-state index in [-0.39, 0.29) is 18.1 Å². The van der Waals surface area contributed by atoms with Crippen LogP contribution in [0.5, 0.6) is 5.75 Å². The number of hydrogen-bond donors (Lipinski definition) is 1. The second-order valence-electron chi connectivity index (χ2n) is 11.3. The number of ether oxygens (including phenoxy) is 1. The molecule has 1 amide bonds. The van der Waals surface area contributed by atoms with Crippen LogP contribution in [0.15, 0.2) is 72.9 Å². The molecule has 2 aliphatic rings. The van der Waals surface area contributed by atoms with Crippen molar-refractivity contribution in [3.05, 3.63) is 101 Å². The Labute approximate surface area is 256 Å². The van der Waals surface area contributed by atoms with E-state index >= 15 is 0 Å². The number of pyridine rings is 1. The van der Waals surface area contributed by atoms with E-state index in [0.717, 1.165) is 81.8 Å². The maximum absolute atomic E-state index is 12.9. The summed E-state index contributed by atoms with van der Waals surface area (Å²) in [5, 5.41) is 12.1. The number of nitriles is 1. The molecular weight excluding hydrogens is 567 g/mol. The van der Waals surface area contributed by atoms with Gasteiger partial charge in [-0.2, -0.15) is 18.4 Å². The molecule has 5 rings (SSSR count). The minimum atomic E-state index is -4.36. The first-order valence-corrected chi connectivity index (χ1v) is 15.0. The molecule has 2 aromatic carbocycles. The molecule has 10 heteroatoms. The fraction of sp³-hybridized carbons (Fsp3) is 0.382. The van der Waals surface area contributed by atoms with E-state index in [4.69, 9.17) is 10.00 Å². The Balaban J connectivity index is 1.07. The molecule has 2 fully saturated rings. The van der Waals surface area contributed by atoms with Crippen LogP contribution >= 0.6 is 0 Å². The molecule has 44 heavy (non-hydrogen) atoms. The molecule has 2 aliphatic heterocycles. The molecule has 0 bridgehead atoms. The second-order valence-corrected chi connectivity index (χ2v) is 11.3. The highest BCUT2D eigenvalue weighted by atomic mass is 19.4. The number of halogens is 3. The Bertz CT molecular complexity index is 1470. The average molecular weight is 604 g/mol. The number of likely N-dealkylation sites (tertiary alicyclic amines) is 2. The Hall–Kier alpha value is -4.36. The topological polar surface area (TPSA) is 81.5 Å². The van der Waals surface area contributed by atoms with Gasteiger partial charge in [0.1, 0.15) is 17.5 Å². The van der Waals surface area contributed by atoms with Gasteiger partial charge >= 0.3 is 6.18 Å². The fourth-order valence-electron chi connectivity index (χ4n) is 5.78. The first-order chi connectivity index (χ1) is 21.2. The van der Waals surface area contributed by atoms with Gasteiger partial charge in [0.15, 0.2) is 0 Å². The van der Waals surface area contributed by atoms with Crippen molar-refractivity contribution in [1.29, 1.82) is 5.26 Å². The van der Waals surface area contributed by atoms with Crippen molar-refractivity contribution in [2.45, 2.75) is 57.5 Å². The fourth-order valence-corrected chi connectivity index (χ4v) is 5.78. The van der Waals surface area contributed by atoms with E-state index in [0.29, 0.717) is 17.0 Å². The number of hydrogen-bond acceptors (Lipinski definition) is 6. The van der Waals surface area contributed by atoms with Crippen molar-refractivity contribution < 1.29 is 22.7 Å². The number of nitrogens with one attached hydrogen (secondary N) is 1. The molecule has 0 radical (unpaired) electrons. The van der Waals surface area contributed by atoms with Crippen molar-refractivity contribution >= 4 is 11.6 Å². The Kier molecular flexibility index (Phi) is 9.85. The van der Waals surface area contributed by atoms with Crippen molar-refractivity contribution in [2.75, 3.05) is 26.2 Å². The van der Waals surface area contributed by atoms with Gasteiger partial charge in [-0.15, -0.1) is 0 Å². The lowest BCUT2D eigenvalue weighted by Crippen LogP contribution is -2.44. The first-order valence-electron chi connectivity index (χ1n) is 15.0. The van der Waals surface area contributed by atoms with E-state index in [2.05, 4.69) is 26.2 Å². The zero-order valence-electron chi connectivity index (χ0n) is 24.7. The van der Waals surface area contributed by atoms with E-state index in [1.807, 2.05) is 43.3 Å². The van der Waals surface area contributed by atoms with E-state index in [9.17, 15) is 18.0 Å². The van der Waals surface area contributed by atoms with E-state index in [1.54, 1.807) is 12.3 Å². The van der Waals surface area contributed by atoms with Crippen LogP contribution in [-0.2, 0) is 12.7 Å². The molecule has 1 N–H and O–H groups in total. The van der Waals surface area contributed by atoms with Gasteiger partial charge in [-0.1, -0.05) is 18.2 Å². The Morgan fingerprint density at radius 3 is 2.25 bits per heavy atom. The van der Waals surface area contributed by atoms with Crippen LogP contribution in [-0.4, -0.2) is 59.0 Å². The van der Waals surface area contributed by atoms with Crippen molar-refractivity contribution in [3.63, 3.8) is 0 Å². The van der Waals surface area contributed by atoms with Gasteiger partial charge < -0.3 is 15.0 Å². The second kappa shape index (κ2) is 14.0. The summed E-state index contributed by atoms with van der Waals surface area (Å²) in [7, 11) is 0. The summed E-state index contributed by atoms with van der Waals surface area (Å²) in [6.45, 7) is 6.03. The summed E-state index contributed by atoms with van der Waals surface area (Å²) in [6, 6.07) is 18.4. The molecule has 0 spiro atoms. The molecule has 0 saturated carbocycles. The lowest BCUT2D eigenvalue weighted by atomic mass is 10.0. The van der Waals surface area contributed by atoms with Gasteiger partial charge in [0.25, 0.3) is 5.91 Å². The van der Waals surface area contributed by atoms with Crippen LogP contribution in [0.1, 0.15) is 65.3 Å². The number of rotatable bonds is 8. The SMILES string of the molecule is CC=C(c1ccc(C(=O)NC2CCN(Cc3ccc(C#N)cc3)CC2)nc1)N1CCC(Oc2ccc(C(F)(F)F)cc2)CC1. The third-order valence-electron chi connectivity index (χ3n) is 8.24. The molecule has 0 unspecified atom stereocenters. The predicted octanol–water partition coefficient (Wildman–Crippen LogP) is 6.27. The maximum Gasteiger partial charge on any atom is 0.416 e. The molecule has 3 aromatic rings. The lowest BCUT2D eigenvalue weighted by Gasteiger charge is -2.35. The molecule has 230 valence electrons. The summed E-state index contributed by atoms with van der Waals surface area (Å²) in [5.74, 6) is 0.264. The van der Waals surface area contributed by atoms with Crippen molar-refractivity contribution in [2.24, 2.45) is 0 Å². The number of nitrogens with zero attached hydrogens (tertiary/aromatic N) is 4. The van der Waals surface area contributed by atoms with Crippen LogP contribution in [0.4, 0.5) is 13.2 Å². The molecule has 0 aliphatic carbocycles. The van der Waals surface area contributed by atoms with Crippen LogP contribution in [0.2, 0.25) is 0 Å². The molecule has 1 aromatic heterocycles. The highest BCUT2D eigenvalue weighted by molar-refractivity contribution is 5.92. The quantitative estimate of drug-likeness (QED) is 0.327. The van der Waals surface area contributed by atoms with E-state index in [1.165, 1.54) is 17.7 Å². The van der Waals surface area contributed by atoms with Crippen LogP contribution in [0, 0.1) is 11.3 Å². The summed E-state index contributed by atoms with van der Waals surface area (Å²) < 4.78 is 44.4. The molecule has 7 nitrogen and oxygen atoms in total. The number of piperidine rings is 2. The van der Waals surface area contributed by atoms with Gasteiger partial charge in [0.05, 0.1) is 17.2 Å². The summed E-state index contributed by atoms with van der Waals surface area (Å²) in [6.07, 6.45) is 2.51. The highest BCUT2D eigenvalue weighted by Crippen LogP contribution is 2.31.